The molecule has 4 heteroatoms. The van der Waals surface area contributed by atoms with Crippen molar-refractivity contribution in [3.8, 4) is 0 Å². The quantitative estimate of drug-likeness (QED) is 0.527. The fraction of sp³-hybridized carbons (Fsp3) is 0.818. The van der Waals surface area contributed by atoms with Gasteiger partial charge in [0.2, 0.25) is 11.8 Å². The third-order valence-electron chi connectivity index (χ3n) is 2.32. The summed E-state index contributed by atoms with van der Waals surface area (Å²) in [6.45, 7) is 4.05. The number of hydrogen-bond donors (Lipinski definition) is 0. The summed E-state index contributed by atoms with van der Waals surface area (Å²) in [5, 5.41) is 7.65. The van der Waals surface area contributed by atoms with E-state index in [4.69, 9.17) is 16.0 Å². The lowest BCUT2D eigenvalue weighted by Crippen LogP contribution is -1.86. The summed E-state index contributed by atoms with van der Waals surface area (Å²) in [7, 11) is 0. The Morgan fingerprint density at radius 3 is 2.53 bits per heavy atom. The van der Waals surface area contributed by atoms with E-state index < -0.39 is 0 Å². The van der Waals surface area contributed by atoms with Gasteiger partial charge in [0.25, 0.3) is 0 Å². The van der Waals surface area contributed by atoms with E-state index in [0.29, 0.717) is 11.8 Å². The lowest BCUT2D eigenvalue weighted by molar-refractivity contribution is 0.440. The molecule has 1 aromatic heterocycles. The number of aromatic nitrogens is 2. The van der Waals surface area contributed by atoms with Crippen molar-refractivity contribution in [1.82, 2.24) is 10.2 Å². The molecule has 0 bridgehead atoms. The maximum Gasteiger partial charge on any atom is 0.234 e. The third-order valence-corrected chi connectivity index (χ3v) is 2.50. The Bertz CT molecular complexity index is 273. The number of rotatable bonds is 7. The Balaban J connectivity index is 2.20. The van der Waals surface area contributed by atoms with Crippen LogP contribution in [0.2, 0.25) is 0 Å². The van der Waals surface area contributed by atoms with E-state index in [1.54, 1.807) is 0 Å². The Labute approximate surface area is 96.2 Å². The molecule has 0 N–H and O–H groups in total. The van der Waals surface area contributed by atoms with Crippen molar-refractivity contribution in [3.05, 3.63) is 11.8 Å². The molecule has 1 heterocycles. The number of halogens is 1. The first-order valence-electron chi connectivity index (χ1n) is 5.70. The van der Waals surface area contributed by atoms with E-state index >= 15 is 0 Å². The van der Waals surface area contributed by atoms with Gasteiger partial charge in [-0.3, -0.25) is 0 Å². The predicted octanol–water partition coefficient (Wildman–Crippen LogP) is 3.88. The van der Waals surface area contributed by atoms with E-state index in [1.165, 1.54) is 25.7 Å². The summed E-state index contributed by atoms with van der Waals surface area (Å²) in [5.41, 5.74) is 0. The minimum atomic E-state index is -0.189. The minimum absolute atomic E-state index is 0.189. The van der Waals surface area contributed by atoms with E-state index in [0.717, 1.165) is 12.8 Å². The molecule has 1 aromatic rings. The Morgan fingerprint density at radius 1 is 1.20 bits per heavy atom. The second-order valence-corrected chi connectivity index (χ2v) is 4.47. The van der Waals surface area contributed by atoms with Crippen molar-refractivity contribution in [2.45, 2.75) is 57.7 Å². The van der Waals surface area contributed by atoms with Crippen LogP contribution in [0.5, 0.6) is 0 Å². The normalized spacial score (nSPS) is 13.0. The average molecular weight is 231 g/mol. The van der Waals surface area contributed by atoms with Gasteiger partial charge in [0, 0.05) is 6.42 Å². The van der Waals surface area contributed by atoms with Crippen LogP contribution < -0.4 is 0 Å². The van der Waals surface area contributed by atoms with Gasteiger partial charge in [-0.1, -0.05) is 32.6 Å². The van der Waals surface area contributed by atoms with Gasteiger partial charge < -0.3 is 4.42 Å². The molecule has 0 aliphatic carbocycles. The zero-order valence-electron chi connectivity index (χ0n) is 9.50. The molecule has 0 aliphatic heterocycles. The maximum atomic E-state index is 5.82. The second kappa shape index (κ2) is 6.83. The SMILES string of the molecule is CCCCCCCc1nnc(C(C)Cl)o1. The molecule has 0 amide bonds. The van der Waals surface area contributed by atoms with Crippen LogP contribution in [-0.2, 0) is 6.42 Å². The van der Waals surface area contributed by atoms with Crippen molar-refractivity contribution < 1.29 is 4.42 Å². The zero-order chi connectivity index (χ0) is 11.1. The lowest BCUT2D eigenvalue weighted by atomic mass is 10.1. The van der Waals surface area contributed by atoms with Crippen LogP contribution in [0.4, 0.5) is 0 Å². The Morgan fingerprint density at radius 2 is 1.93 bits per heavy atom. The van der Waals surface area contributed by atoms with Crippen molar-refractivity contribution in [2.24, 2.45) is 0 Å². The van der Waals surface area contributed by atoms with Crippen LogP contribution in [0.15, 0.2) is 4.42 Å². The standard InChI is InChI=1S/C11H19ClN2O/c1-3-4-5-6-7-8-10-13-14-11(15-10)9(2)12/h9H,3-8H2,1-2H3. The molecule has 0 aromatic carbocycles. The van der Waals surface area contributed by atoms with Crippen molar-refractivity contribution >= 4 is 11.6 Å². The van der Waals surface area contributed by atoms with Crippen LogP contribution in [0.25, 0.3) is 0 Å². The van der Waals surface area contributed by atoms with Crippen LogP contribution >= 0.6 is 11.6 Å². The Hall–Kier alpha value is -0.570. The van der Waals surface area contributed by atoms with Gasteiger partial charge in [-0.25, -0.2) is 0 Å². The molecule has 0 saturated heterocycles. The van der Waals surface area contributed by atoms with Gasteiger partial charge in [0.15, 0.2) is 0 Å². The van der Waals surface area contributed by atoms with Gasteiger partial charge in [-0.15, -0.1) is 21.8 Å². The lowest BCUT2D eigenvalue weighted by Gasteiger charge is -1.96. The first kappa shape index (κ1) is 12.5. The van der Waals surface area contributed by atoms with Crippen molar-refractivity contribution in [2.75, 3.05) is 0 Å². The van der Waals surface area contributed by atoms with Gasteiger partial charge in [0.1, 0.15) is 5.38 Å². The first-order chi connectivity index (χ1) is 7.24. The van der Waals surface area contributed by atoms with Crippen molar-refractivity contribution in [1.29, 1.82) is 0 Å². The van der Waals surface area contributed by atoms with E-state index in [1.807, 2.05) is 6.92 Å². The molecule has 0 saturated carbocycles. The fourth-order valence-electron chi connectivity index (χ4n) is 1.41. The number of nitrogens with zero attached hydrogens (tertiary/aromatic N) is 2. The topological polar surface area (TPSA) is 38.9 Å². The summed E-state index contributed by atoms with van der Waals surface area (Å²) in [5.74, 6) is 1.24. The highest BCUT2D eigenvalue weighted by Crippen LogP contribution is 2.18. The predicted molar refractivity (Wildman–Crippen MR) is 61.0 cm³/mol. The molecule has 15 heavy (non-hydrogen) atoms. The molecule has 1 rings (SSSR count). The van der Waals surface area contributed by atoms with E-state index in [-0.39, 0.29) is 5.38 Å². The molecule has 0 aliphatic rings. The molecular formula is C11H19ClN2O. The molecular weight excluding hydrogens is 212 g/mol. The number of aryl methyl sites for hydroxylation is 1. The first-order valence-corrected chi connectivity index (χ1v) is 6.14. The number of unbranched alkanes of at least 4 members (excludes halogenated alkanes) is 4. The van der Waals surface area contributed by atoms with Gasteiger partial charge in [-0.2, -0.15) is 0 Å². The summed E-state index contributed by atoms with van der Waals surface area (Å²) >= 11 is 5.82. The molecule has 3 nitrogen and oxygen atoms in total. The summed E-state index contributed by atoms with van der Waals surface area (Å²) < 4.78 is 5.40. The molecule has 0 fully saturated rings. The number of alkyl halides is 1. The highest BCUT2D eigenvalue weighted by Gasteiger charge is 2.10. The highest BCUT2D eigenvalue weighted by molar-refractivity contribution is 6.20. The van der Waals surface area contributed by atoms with Gasteiger partial charge >= 0.3 is 0 Å². The van der Waals surface area contributed by atoms with E-state index in [2.05, 4.69) is 17.1 Å². The average Bonchev–Trinajstić information content (AvgIpc) is 2.66. The van der Waals surface area contributed by atoms with Crippen LogP contribution in [0.3, 0.4) is 0 Å². The smallest absolute Gasteiger partial charge is 0.234 e. The van der Waals surface area contributed by atoms with Crippen molar-refractivity contribution in [3.63, 3.8) is 0 Å². The van der Waals surface area contributed by atoms with E-state index in [9.17, 15) is 0 Å². The monoisotopic (exact) mass is 230 g/mol. The van der Waals surface area contributed by atoms with Gasteiger partial charge in [0.05, 0.1) is 0 Å². The summed E-state index contributed by atoms with van der Waals surface area (Å²) in [6.07, 6.45) is 7.12. The molecule has 1 atom stereocenters. The minimum Gasteiger partial charge on any atom is -0.424 e. The summed E-state index contributed by atoms with van der Waals surface area (Å²) in [6, 6.07) is 0. The third kappa shape index (κ3) is 4.65. The fourth-order valence-corrected chi connectivity index (χ4v) is 1.50. The molecule has 0 spiro atoms. The second-order valence-electron chi connectivity index (χ2n) is 3.81. The maximum absolute atomic E-state index is 5.82. The van der Waals surface area contributed by atoms with Crippen LogP contribution in [-0.4, -0.2) is 10.2 Å². The Kier molecular flexibility index (Phi) is 5.69. The molecule has 0 radical (unpaired) electrons. The molecule has 86 valence electrons. The highest BCUT2D eigenvalue weighted by atomic mass is 35.5. The molecule has 1 unspecified atom stereocenters. The number of hydrogen-bond acceptors (Lipinski definition) is 3. The largest absolute Gasteiger partial charge is 0.424 e. The summed E-state index contributed by atoms with van der Waals surface area (Å²) in [4.78, 5) is 0. The van der Waals surface area contributed by atoms with Gasteiger partial charge in [-0.05, 0) is 13.3 Å². The van der Waals surface area contributed by atoms with Crippen LogP contribution in [0, 0.1) is 0 Å². The van der Waals surface area contributed by atoms with Crippen LogP contribution in [0.1, 0.15) is 63.1 Å². The zero-order valence-corrected chi connectivity index (χ0v) is 10.3.